The number of nitrogens with two attached hydrogens (primary N) is 1. The molecule has 0 saturated heterocycles. The van der Waals surface area contributed by atoms with Crippen molar-refractivity contribution in [3.63, 3.8) is 0 Å². The Morgan fingerprint density at radius 1 is 1.16 bits per heavy atom. The first-order chi connectivity index (χ1) is 20.7. The molecule has 0 bridgehead atoms. The molecule has 2 amide bonds. The van der Waals surface area contributed by atoms with E-state index in [1.807, 2.05) is 24.0 Å². The number of halogens is 1. The topological polar surface area (TPSA) is 142 Å². The number of hydrogen-bond donors (Lipinski definition) is 4. The van der Waals surface area contributed by atoms with Gasteiger partial charge in [0, 0.05) is 18.4 Å². The van der Waals surface area contributed by atoms with Crippen molar-refractivity contribution in [2.45, 2.75) is 46.1 Å². The molecule has 226 valence electrons. The third-order valence-electron chi connectivity index (χ3n) is 7.67. The van der Waals surface area contributed by atoms with Crippen LogP contribution in [0.1, 0.15) is 49.5 Å². The first kappa shape index (κ1) is 29.8. The standard InChI is InChI=1S/C31H37FN8O3/c1-5-13-39(14-6-2)18(3)30(42)40-15-11-19-16-25(43-4)23(17-24(19)40)36-31-37-28-20(10-12-34-28)29(38-31)35-22-9-7-8-21(32)26(22)27(33)41/h7-10,12,16-18H,5-6,11,13-15H2,1-4H3,(H2,33,41)(H3,34,35,36,37,38)/t18-/m0/s1. The lowest BCUT2D eigenvalue weighted by molar-refractivity contribution is -0.123. The quantitative estimate of drug-likeness (QED) is 0.180. The summed E-state index contributed by atoms with van der Waals surface area (Å²) in [5.41, 5.74) is 8.43. The van der Waals surface area contributed by atoms with Crippen molar-refractivity contribution in [1.29, 1.82) is 0 Å². The summed E-state index contributed by atoms with van der Waals surface area (Å²) in [6.07, 6.45) is 4.29. The molecule has 0 aromatic heterocycles. The van der Waals surface area contributed by atoms with Gasteiger partial charge in [-0.25, -0.2) is 9.37 Å². The number of rotatable bonds is 12. The van der Waals surface area contributed by atoms with Crippen molar-refractivity contribution >= 4 is 40.6 Å². The SMILES string of the molecule is CCCN(CCC)[C@@H](C)C(=O)N1CCc2cc(OC)c(Nc3nc(Nc4cccc(F)c4C(N)=O)c4ccnc-4[nH]3)cc21. The lowest BCUT2D eigenvalue weighted by Gasteiger charge is -2.31. The Kier molecular flexibility index (Phi) is 8.76. The second-order valence-corrected chi connectivity index (χ2v) is 10.6. The number of anilines is 5. The van der Waals surface area contributed by atoms with Gasteiger partial charge in [-0.3, -0.25) is 14.5 Å². The number of fused-ring (bicyclic) bond motifs is 2. The van der Waals surface area contributed by atoms with E-state index in [0.717, 1.165) is 43.6 Å². The molecule has 2 aromatic carbocycles. The number of carbonyl (C=O) groups is 2. The lowest BCUT2D eigenvalue weighted by Crippen LogP contribution is -2.47. The van der Waals surface area contributed by atoms with Crippen LogP contribution >= 0.6 is 0 Å². The molecule has 0 fully saturated rings. The van der Waals surface area contributed by atoms with Crippen LogP contribution in [0.15, 0.2) is 42.6 Å². The molecule has 12 heteroatoms. The molecule has 2 aromatic rings. The molecule has 0 unspecified atom stereocenters. The maximum Gasteiger partial charge on any atom is 0.253 e. The van der Waals surface area contributed by atoms with Crippen LogP contribution in [-0.2, 0) is 11.2 Å². The molecular formula is C31H37FN8O3. The largest absolute Gasteiger partial charge is 0.495 e. The van der Waals surface area contributed by atoms with Gasteiger partial charge in [-0.05, 0) is 75.2 Å². The van der Waals surface area contributed by atoms with Crippen molar-refractivity contribution in [1.82, 2.24) is 19.9 Å². The van der Waals surface area contributed by atoms with E-state index in [-0.39, 0.29) is 23.2 Å². The zero-order valence-corrected chi connectivity index (χ0v) is 24.8. The molecule has 0 radical (unpaired) electrons. The van der Waals surface area contributed by atoms with Gasteiger partial charge < -0.3 is 31.0 Å². The van der Waals surface area contributed by atoms with Crippen molar-refractivity contribution < 1.29 is 18.7 Å². The van der Waals surface area contributed by atoms with Gasteiger partial charge in [0.05, 0.1) is 35.7 Å². The minimum absolute atomic E-state index is 0.0655. The number of nitrogens with one attached hydrogen (secondary N) is 3. The van der Waals surface area contributed by atoms with Crippen LogP contribution in [0.4, 0.5) is 33.2 Å². The van der Waals surface area contributed by atoms with Crippen molar-refractivity contribution in [2.75, 3.05) is 42.3 Å². The maximum absolute atomic E-state index is 14.4. The number of methoxy groups -OCH3 is 1. The summed E-state index contributed by atoms with van der Waals surface area (Å²) in [4.78, 5) is 42.0. The third-order valence-corrected chi connectivity index (χ3v) is 7.67. The number of amides is 2. The van der Waals surface area contributed by atoms with Gasteiger partial charge in [0.1, 0.15) is 23.2 Å². The Morgan fingerprint density at radius 3 is 2.63 bits per heavy atom. The summed E-state index contributed by atoms with van der Waals surface area (Å²) in [6.45, 7) is 8.55. The molecule has 43 heavy (non-hydrogen) atoms. The van der Waals surface area contributed by atoms with E-state index in [1.54, 1.807) is 25.4 Å². The maximum atomic E-state index is 14.4. The molecule has 5 N–H and O–H groups in total. The number of aromatic nitrogens is 3. The minimum atomic E-state index is -0.901. The molecule has 0 spiro atoms. The second-order valence-electron chi connectivity index (χ2n) is 10.6. The van der Waals surface area contributed by atoms with Crippen molar-refractivity contribution in [3.05, 3.63) is 59.5 Å². The summed E-state index contributed by atoms with van der Waals surface area (Å²) < 4.78 is 20.1. The number of carbonyl (C=O) groups excluding carboxylic acids is 2. The van der Waals surface area contributed by atoms with Crippen LogP contribution in [0.3, 0.4) is 0 Å². The number of aromatic amines is 1. The van der Waals surface area contributed by atoms with E-state index in [9.17, 15) is 14.0 Å². The Hall–Kier alpha value is -4.71. The molecule has 1 atom stereocenters. The average molecular weight is 589 g/mol. The number of primary amides is 1. The number of benzene rings is 2. The fraction of sp³-hybridized carbons (Fsp3) is 0.355. The van der Waals surface area contributed by atoms with Gasteiger partial charge in [0.15, 0.2) is 0 Å². The highest BCUT2D eigenvalue weighted by Gasteiger charge is 2.32. The van der Waals surface area contributed by atoms with E-state index < -0.39 is 11.7 Å². The van der Waals surface area contributed by atoms with Gasteiger partial charge >= 0.3 is 0 Å². The predicted molar refractivity (Wildman–Crippen MR) is 165 cm³/mol. The molecular weight excluding hydrogens is 551 g/mol. The Bertz CT molecular complexity index is 1600. The fourth-order valence-corrected chi connectivity index (χ4v) is 5.59. The van der Waals surface area contributed by atoms with E-state index in [1.165, 1.54) is 12.1 Å². The van der Waals surface area contributed by atoms with Gasteiger partial charge in [-0.1, -0.05) is 19.9 Å². The van der Waals surface area contributed by atoms with Gasteiger partial charge in [-0.15, -0.1) is 0 Å². The predicted octanol–water partition coefficient (Wildman–Crippen LogP) is 5.04. The highest BCUT2D eigenvalue weighted by molar-refractivity contribution is 6.00. The van der Waals surface area contributed by atoms with Crippen LogP contribution < -0.4 is 26.0 Å². The number of H-pyrrole nitrogens is 1. The summed E-state index contributed by atoms with van der Waals surface area (Å²) in [7, 11) is 1.58. The Morgan fingerprint density at radius 2 is 1.93 bits per heavy atom. The van der Waals surface area contributed by atoms with Gasteiger partial charge in [-0.2, -0.15) is 4.98 Å². The number of hydrogen-bond acceptors (Lipinski definition) is 8. The highest BCUT2D eigenvalue weighted by atomic mass is 19.1. The van der Waals surface area contributed by atoms with Crippen LogP contribution in [0.2, 0.25) is 0 Å². The fourth-order valence-electron chi connectivity index (χ4n) is 5.59. The minimum Gasteiger partial charge on any atom is -0.495 e. The lowest BCUT2D eigenvalue weighted by atomic mass is 10.1. The van der Waals surface area contributed by atoms with Crippen molar-refractivity contribution in [3.8, 4) is 17.1 Å². The summed E-state index contributed by atoms with van der Waals surface area (Å²) in [6, 6.07) is 9.54. The smallest absolute Gasteiger partial charge is 0.253 e. The first-order valence-corrected chi connectivity index (χ1v) is 14.5. The van der Waals surface area contributed by atoms with Crippen LogP contribution in [0, 0.1) is 5.82 Å². The van der Waals surface area contributed by atoms with E-state index in [2.05, 4.69) is 44.3 Å². The Labute approximate surface area is 250 Å². The summed E-state index contributed by atoms with van der Waals surface area (Å²) in [5, 5.41) is 6.32. The van der Waals surface area contributed by atoms with Crippen LogP contribution in [0.25, 0.3) is 11.4 Å². The molecule has 3 aliphatic heterocycles. The zero-order valence-electron chi connectivity index (χ0n) is 24.8. The number of ether oxygens (including phenoxy) is 1. The van der Waals surface area contributed by atoms with Gasteiger partial charge in [0.25, 0.3) is 5.91 Å². The molecule has 11 nitrogen and oxygen atoms in total. The van der Waals surface area contributed by atoms with E-state index in [0.29, 0.717) is 41.1 Å². The van der Waals surface area contributed by atoms with E-state index in [4.69, 9.17) is 10.5 Å². The van der Waals surface area contributed by atoms with Crippen LogP contribution in [0.5, 0.6) is 5.75 Å². The highest BCUT2D eigenvalue weighted by Crippen LogP contribution is 2.40. The molecule has 0 saturated carbocycles. The van der Waals surface area contributed by atoms with Crippen LogP contribution in [-0.4, -0.2) is 64.5 Å². The zero-order chi connectivity index (χ0) is 30.7. The second kappa shape index (κ2) is 12.7. The molecule has 0 aliphatic carbocycles. The van der Waals surface area contributed by atoms with E-state index >= 15 is 0 Å². The monoisotopic (exact) mass is 588 g/mol. The average Bonchev–Trinajstić information content (AvgIpc) is 3.63. The molecule has 3 heterocycles. The summed E-state index contributed by atoms with van der Waals surface area (Å²) in [5.74, 6) is 0.164. The summed E-state index contributed by atoms with van der Waals surface area (Å²) >= 11 is 0. The molecule has 3 aliphatic rings. The van der Waals surface area contributed by atoms with Gasteiger partial charge in [0.2, 0.25) is 11.9 Å². The first-order valence-electron chi connectivity index (χ1n) is 14.5. The third kappa shape index (κ3) is 5.96. The van der Waals surface area contributed by atoms with Crippen molar-refractivity contribution in [2.24, 2.45) is 5.73 Å². The normalized spacial score (nSPS) is 13.3. The number of nitrogens with zero attached hydrogens (tertiary/aromatic N) is 4. The molecule has 5 rings (SSSR count). The Balaban J connectivity index is 1.48.